The summed E-state index contributed by atoms with van der Waals surface area (Å²) < 4.78 is 13.5. The molecule has 1 saturated heterocycles. The standard InChI is InChI=1S/C21H25N3O3/c1-15-9-16(2)21-17(14-27-19(21)10-15)11-20(25)23-6-4-8-26-18(12-23)13-24-7-3-5-22-24/h3,5,7,9-10,14,18H,4,6,8,11-13H2,1-2H3. The predicted octanol–water partition coefficient (Wildman–Crippen LogP) is 3.11. The van der Waals surface area contributed by atoms with Gasteiger partial charge in [0.05, 0.1) is 25.3 Å². The molecule has 3 aromatic rings. The maximum absolute atomic E-state index is 13.0. The Labute approximate surface area is 158 Å². The third-order valence-electron chi connectivity index (χ3n) is 5.09. The minimum Gasteiger partial charge on any atom is -0.464 e. The number of carbonyl (C=O) groups excluding carboxylic acids is 1. The van der Waals surface area contributed by atoms with E-state index in [4.69, 9.17) is 9.15 Å². The van der Waals surface area contributed by atoms with Crippen LogP contribution in [-0.2, 0) is 22.5 Å². The lowest BCUT2D eigenvalue weighted by atomic mass is 10.0. The number of carbonyl (C=O) groups is 1. The van der Waals surface area contributed by atoms with E-state index in [2.05, 4.69) is 25.0 Å². The molecule has 27 heavy (non-hydrogen) atoms. The number of fused-ring (bicyclic) bond motifs is 1. The van der Waals surface area contributed by atoms with Gasteiger partial charge in [0, 0.05) is 43.0 Å². The number of hydrogen-bond donors (Lipinski definition) is 0. The summed E-state index contributed by atoms with van der Waals surface area (Å²) in [6, 6.07) is 6.05. The van der Waals surface area contributed by atoms with Crippen LogP contribution in [0.1, 0.15) is 23.1 Å². The molecule has 142 valence electrons. The Morgan fingerprint density at radius 3 is 3.04 bits per heavy atom. The Bertz CT molecular complexity index is 930. The minimum atomic E-state index is -0.0400. The summed E-state index contributed by atoms with van der Waals surface area (Å²) in [5.41, 5.74) is 4.13. The summed E-state index contributed by atoms with van der Waals surface area (Å²) >= 11 is 0. The van der Waals surface area contributed by atoms with Crippen molar-refractivity contribution in [2.45, 2.75) is 39.3 Å². The number of aromatic nitrogens is 2. The number of hydrogen-bond acceptors (Lipinski definition) is 4. The molecule has 0 radical (unpaired) electrons. The van der Waals surface area contributed by atoms with Crippen LogP contribution in [0, 0.1) is 13.8 Å². The summed E-state index contributed by atoms with van der Waals surface area (Å²) in [7, 11) is 0. The molecule has 6 nitrogen and oxygen atoms in total. The summed E-state index contributed by atoms with van der Waals surface area (Å²) in [5.74, 6) is 0.119. The average Bonchev–Trinajstić information content (AvgIpc) is 3.20. The monoisotopic (exact) mass is 367 g/mol. The van der Waals surface area contributed by atoms with Crippen LogP contribution >= 0.6 is 0 Å². The SMILES string of the molecule is Cc1cc(C)c2c(CC(=O)N3CCCOC(Cn4cccn4)C3)coc2c1. The van der Waals surface area contributed by atoms with E-state index < -0.39 is 0 Å². The molecule has 1 atom stereocenters. The molecule has 1 unspecified atom stereocenters. The first-order chi connectivity index (χ1) is 13.1. The summed E-state index contributed by atoms with van der Waals surface area (Å²) in [4.78, 5) is 14.9. The third-order valence-corrected chi connectivity index (χ3v) is 5.09. The first-order valence-corrected chi connectivity index (χ1v) is 9.44. The number of rotatable bonds is 4. The second-order valence-electron chi connectivity index (χ2n) is 7.31. The van der Waals surface area contributed by atoms with Crippen molar-refractivity contribution < 1.29 is 13.9 Å². The predicted molar refractivity (Wildman–Crippen MR) is 103 cm³/mol. The first-order valence-electron chi connectivity index (χ1n) is 9.44. The number of ether oxygens (including phenoxy) is 1. The summed E-state index contributed by atoms with van der Waals surface area (Å²) in [6.45, 7) is 6.76. The fourth-order valence-electron chi connectivity index (χ4n) is 3.88. The van der Waals surface area contributed by atoms with Crippen molar-refractivity contribution in [2.75, 3.05) is 19.7 Å². The molecule has 0 bridgehead atoms. The van der Waals surface area contributed by atoms with E-state index in [9.17, 15) is 4.79 Å². The Balaban J connectivity index is 1.48. The summed E-state index contributed by atoms with van der Waals surface area (Å²) in [6.07, 6.45) is 6.57. The van der Waals surface area contributed by atoms with E-state index in [1.165, 1.54) is 5.56 Å². The van der Waals surface area contributed by atoms with Gasteiger partial charge in [-0.05, 0) is 43.5 Å². The molecule has 1 fully saturated rings. The van der Waals surface area contributed by atoms with Crippen LogP contribution in [0.5, 0.6) is 0 Å². The van der Waals surface area contributed by atoms with Gasteiger partial charge in [-0.1, -0.05) is 6.07 Å². The molecule has 6 heteroatoms. The molecule has 0 saturated carbocycles. The van der Waals surface area contributed by atoms with Crippen molar-refractivity contribution in [3.8, 4) is 0 Å². The fourth-order valence-corrected chi connectivity index (χ4v) is 3.88. The highest BCUT2D eigenvalue weighted by Crippen LogP contribution is 2.27. The van der Waals surface area contributed by atoms with Crippen LogP contribution in [0.2, 0.25) is 0 Å². The lowest BCUT2D eigenvalue weighted by Gasteiger charge is -2.24. The van der Waals surface area contributed by atoms with Gasteiger partial charge in [-0.2, -0.15) is 5.10 Å². The molecule has 3 heterocycles. The zero-order valence-corrected chi connectivity index (χ0v) is 15.9. The zero-order chi connectivity index (χ0) is 18.8. The van der Waals surface area contributed by atoms with Gasteiger partial charge < -0.3 is 14.1 Å². The van der Waals surface area contributed by atoms with Crippen molar-refractivity contribution in [3.05, 3.63) is 53.5 Å². The maximum Gasteiger partial charge on any atom is 0.227 e. The van der Waals surface area contributed by atoms with Crippen LogP contribution in [0.3, 0.4) is 0 Å². The van der Waals surface area contributed by atoms with Crippen LogP contribution in [0.4, 0.5) is 0 Å². The Morgan fingerprint density at radius 1 is 1.33 bits per heavy atom. The van der Waals surface area contributed by atoms with Gasteiger partial charge in [-0.15, -0.1) is 0 Å². The topological polar surface area (TPSA) is 60.5 Å². The maximum atomic E-state index is 13.0. The molecule has 1 aliphatic rings. The highest BCUT2D eigenvalue weighted by Gasteiger charge is 2.24. The first kappa shape index (κ1) is 17.8. The van der Waals surface area contributed by atoms with Crippen LogP contribution in [0.15, 0.2) is 41.3 Å². The quantitative estimate of drug-likeness (QED) is 0.711. The van der Waals surface area contributed by atoms with Gasteiger partial charge in [0.1, 0.15) is 5.58 Å². The Hall–Kier alpha value is -2.60. The second-order valence-corrected chi connectivity index (χ2v) is 7.31. The molecule has 0 aliphatic carbocycles. The third kappa shape index (κ3) is 3.90. The second kappa shape index (κ2) is 7.56. The molecular weight excluding hydrogens is 342 g/mol. The molecule has 1 aromatic carbocycles. The van der Waals surface area contributed by atoms with Gasteiger partial charge in [-0.3, -0.25) is 9.48 Å². The van der Waals surface area contributed by atoms with E-state index in [0.29, 0.717) is 26.1 Å². The van der Waals surface area contributed by atoms with Gasteiger partial charge in [0.2, 0.25) is 5.91 Å². The van der Waals surface area contributed by atoms with E-state index in [0.717, 1.165) is 35.1 Å². The largest absolute Gasteiger partial charge is 0.464 e. The normalized spacial score (nSPS) is 18.0. The average molecular weight is 367 g/mol. The van der Waals surface area contributed by atoms with Gasteiger partial charge in [0.25, 0.3) is 0 Å². The number of nitrogens with zero attached hydrogens (tertiary/aromatic N) is 3. The molecule has 2 aromatic heterocycles. The Kier molecular flexibility index (Phi) is 4.99. The fraction of sp³-hybridized carbons (Fsp3) is 0.429. The smallest absolute Gasteiger partial charge is 0.227 e. The Morgan fingerprint density at radius 2 is 2.22 bits per heavy atom. The van der Waals surface area contributed by atoms with E-state index >= 15 is 0 Å². The van der Waals surface area contributed by atoms with Crippen molar-refractivity contribution in [1.29, 1.82) is 0 Å². The van der Waals surface area contributed by atoms with Crippen LogP contribution < -0.4 is 0 Å². The lowest BCUT2D eigenvalue weighted by molar-refractivity contribution is -0.131. The van der Waals surface area contributed by atoms with Crippen molar-refractivity contribution in [2.24, 2.45) is 0 Å². The van der Waals surface area contributed by atoms with Crippen molar-refractivity contribution in [3.63, 3.8) is 0 Å². The number of benzene rings is 1. The van der Waals surface area contributed by atoms with E-state index in [1.54, 1.807) is 12.5 Å². The molecule has 4 rings (SSSR count). The number of amides is 1. The number of aryl methyl sites for hydroxylation is 2. The molecule has 0 N–H and O–H groups in total. The minimum absolute atomic E-state index is 0.0400. The van der Waals surface area contributed by atoms with Gasteiger partial charge in [0.15, 0.2) is 0 Å². The van der Waals surface area contributed by atoms with Crippen LogP contribution in [0.25, 0.3) is 11.0 Å². The molecule has 1 amide bonds. The molecular formula is C21H25N3O3. The molecule has 1 aliphatic heterocycles. The van der Waals surface area contributed by atoms with Crippen molar-refractivity contribution in [1.82, 2.24) is 14.7 Å². The van der Waals surface area contributed by atoms with E-state index in [-0.39, 0.29) is 12.0 Å². The van der Waals surface area contributed by atoms with Crippen LogP contribution in [-0.4, -0.2) is 46.4 Å². The van der Waals surface area contributed by atoms with Gasteiger partial charge >= 0.3 is 0 Å². The zero-order valence-electron chi connectivity index (χ0n) is 15.9. The highest BCUT2D eigenvalue weighted by atomic mass is 16.5. The summed E-state index contributed by atoms with van der Waals surface area (Å²) in [5, 5.41) is 5.31. The number of furan rings is 1. The molecule has 0 spiro atoms. The highest BCUT2D eigenvalue weighted by molar-refractivity contribution is 5.90. The van der Waals surface area contributed by atoms with Crippen molar-refractivity contribution >= 4 is 16.9 Å². The van der Waals surface area contributed by atoms with Gasteiger partial charge in [-0.25, -0.2) is 0 Å². The van der Waals surface area contributed by atoms with E-state index in [1.807, 2.05) is 27.9 Å². The lowest BCUT2D eigenvalue weighted by Crippen LogP contribution is -2.39.